The molecule has 0 radical (unpaired) electrons. The average Bonchev–Trinajstić information content (AvgIpc) is 2.97. The summed E-state index contributed by atoms with van der Waals surface area (Å²) in [4.78, 5) is 8.35. The van der Waals surface area contributed by atoms with Crippen molar-refractivity contribution < 1.29 is 14.4 Å². The van der Waals surface area contributed by atoms with Crippen LogP contribution in [0.15, 0.2) is 41.1 Å². The first-order valence-electron chi connectivity index (χ1n) is 6.01. The van der Waals surface area contributed by atoms with Gasteiger partial charge in [0.05, 0.1) is 12.1 Å². The first-order chi connectivity index (χ1) is 10.2. The number of aromatic hydroxyl groups is 1. The molecular formula is C14H10ClN3O3. The van der Waals surface area contributed by atoms with E-state index in [9.17, 15) is 5.11 Å². The van der Waals surface area contributed by atoms with Gasteiger partial charge in [0.15, 0.2) is 11.5 Å². The van der Waals surface area contributed by atoms with Gasteiger partial charge in [0.25, 0.3) is 5.89 Å². The number of ether oxygens (including phenoxy) is 1. The zero-order chi connectivity index (χ0) is 14.8. The van der Waals surface area contributed by atoms with Crippen molar-refractivity contribution in [3.63, 3.8) is 0 Å². The van der Waals surface area contributed by atoms with Crippen LogP contribution in [0.3, 0.4) is 0 Å². The predicted molar refractivity (Wildman–Crippen MR) is 76.2 cm³/mol. The van der Waals surface area contributed by atoms with E-state index < -0.39 is 0 Å². The predicted octanol–water partition coefficient (Wildman–Crippen LogP) is 3.17. The molecule has 7 heteroatoms. The van der Waals surface area contributed by atoms with Crippen molar-refractivity contribution in [2.45, 2.75) is 0 Å². The summed E-state index contributed by atoms with van der Waals surface area (Å²) >= 11 is 6.04. The van der Waals surface area contributed by atoms with Crippen molar-refractivity contribution in [3.8, 4) is 34.5 Å². The van der Waals surface area contributed by atoms with Crippen LogP contribution < -0.4 is 4.74 Å². The second-order valence-electron chi connectivity index (χ2n) is 4.14. The van der Waals surface area contributed by atoms with E-state index in [2.05, 4.69) is 15.1 Å². The Balaban J connectivity index is 1.99. The molecule has 0 atom stereocenters. The third kappa shape index (κ3) is 2.53. The lowest BCUT2D eigenvalue weighted by Gasteiger charge is -2.03. The van der Waals surface area contributed by atoms with Gasteiger partial charge in [-0.3, -0.25) is 4.98 Å². The molecule has 0 fully saturated rings. The second kappa shape index (κ2) is 5.41. The molecule has 3 rings (SSSR count). The van der Waals surface area contributed by atoms with E-state index in [1.807, 2.05) is 0 Å². The van der Waals surface area contributed by atoms with Crippen molar-refractivity contribution in [2.24, 2.45) is 0 Å². The fourth-order valence-corrected chi connectivity index (χ4v) is 2.02. The maximum atomic E-state index is 9.77. The first-order valence-corrected chi connectivity index (χ1v) is 6.39. The first kappa shape index (κ1) is 13.4. The van der Waals surface area contributed by atoms with E-state index >= 15 is 0 Å². The van der Waals surface area contributed by atoms with Gasteiger partial charge in [-0.2, -0.15) is 4.98 Å². The number of benzene rings is 1. The number of hydrogen-bond acceptors (Lipinski definition) is 6. The van der Waals surface area contributed by atoms with E-state index in [0.29, 0.717) is 22.0 Å². The van der Waals surface area contributed by atoms with Crippen LogP contribution in [0.4, 0.5) is 0 Å². The topological polar surface area (TPSA) is 81.3 Å². The zero-order valence-corrected chi connectivity index (χ0v) is 11.7. The van der Waals surface area contributed by atoms with Crippen molar-refractivity contribution in [2.75, 3.05) is 7.11 Å². The van der Waals surface area contributed by atoms with E-state index in [-0.39, 0.29) is 17.5 Å². The maximum Gasteiger partial charge on any atom is 0.258 e. The number of phenolic OH excluding ortho intramolecular Hbond substituents is 1. The van der Waals surface area contributed by atoms with Crippen LogP contribution >= 0.6 is 11.6 Å². The molecule has 0 bridgehead atoms. The van der Waals surface area contributed by atoms with Crippen LogP contribution in [0, 0.1) is 0 Å². The molecule has 2 heterocycles. The smallest absolute Gasteiger partial charge is 0.258 e. The van der Waals surface area contributed by atoms with Gasteiger partial charge in [-0.15, -0.1) is 0 Å². The summed E-state index contributed by atoms with van der Waals surface area (Å²) in [6, 6.07) is 8.21. The number of nitrogens with zero attached hydrogens (tertiary/aromatic N) is 3. The lowest BCUT2D eigenvalue weighted by molar-refractivity contribution is 0.373. The number of methoxy groups -OCH3 is 1. The van der Waals surface area contributed by atoms with Gasteiger partial charge in [0.2, 0.25) is 5.82 Å². The molecule has 2 aromatic heterocycles. The Bertz CT molecular complexity index is 789. The fraction of sp³-hybridized carbons (Fsp3) is 0.0714. The van der Waals surface area contributed by atoms with Crippen molar-refractivity contribution in [1.29, 1.82) is 0 Å². The summed E-state index contributed by atoms with van der Waals surface area (Å²) in [7, 11) is 1.47. The van der Waals surface area contributed by atoms with Gasteiger partial charge in [-0.1, -0.05) is 16.8 Å². The lowest BCUT2D eigenvalue weighted by Crippen LogP contribution is -1.87. The van der Waals surface area contributed by atoms with Crippen LogP contribution in [0.1, 0.15) is 0 Å². The van der Waals surface area contributed by atoms with Gasteiger partial charge in [0, 0.05) is 11.8 Å². The summed E-state index contributed by atoms with van der Waals surface area (Å²) in [5.74, 6) is 0.896. The highest BCUT2D eigenvalue weighted by molar-refractivity contribution is 6.32. The van der Waals surface area contributed by atoms with Crippen LogP contribution in [-0.2, 0) is 0 Å². The number of pyridine rings is 1. The van der Waals surface area contributed by atoms with Gasteiger partial charge in [-0.05, 0) is 30.3 Å². The summed E-state index contributed by atoms with van der Waals surface area (Å²) in [5.41, 5.74) is 1.01. The molecule has 1 N–H and O–H groups in total. The van der Waals surface area contributed by atoms with Crippen molar-refractivity contribution >= 4 is 11.6 Å². The zero-order valence-electron chi connectivity index (χ0n) is 10.9. The highest BCUT2D eigenvalue weighted by Crippen LogP contribution is 2.31. The van der Waals surface area contributed by atoms with Crippen LogP contribution in [0.25, 0.3) is 23.0 Å². The second-order valence-corrected chi connectivity index (χ2v) is 4.55. The number of phenols is 1. The molecule has 0 saturated heterocycles. The molecule has 6 nitrogen and oxygen atoms in total. The van der Waals surface area contributed by atoms with E-state index in [1.54, 1.807) is 30.5 Å². The minimum atomic E-state index is -0.00869. The monoisotopic (exact) mass is 303 g/mol. The molecule has 3 aromatic rings. The molecule has 0 aliphatic rings. The van der Waals surface area contributed by atoms with Gasteiger partial charge < -0.3 is 14.4 Å². The Kier molecular flexibility index (Phi) is 3.45. The Morgan fingerprint density at radius 3 is 2.86 bits per heavy atom. The standard InChI is InChI=1S/C14H10ClN3O3/c1-20-11-5-4-8(7-10(11)19)14-17-13(18-21-14)12-9(15)3-2-6-16-12/h2-7,19H,1H3. The van der Waals surface area contributed by atoms with Crippen molar-refractivity contribution in [1.82, 2.24) is 15.1 Å². The summed E-state index contributed by atoms with van der Waals surface area (Å²) in [6.45, 7) is 0. The minimum absolute atomic E-state index is 0.00869. The molecule has 1 aromatic carbocycles. The number of hydrogen-bond donors (Lipinski definition) is 1. The largest absolute Gasteiger partial charge is 0.504 e. The summed E-state index contributed by atoms with van der Waals surface area (Å²) in [5, 5.41) is 14.1. The van der Waals surface area contributed by atoms with Crippen LogP contribution in [-0.4, -0.2) is 27.3 Å². The number of rotatable bonds is 3. The molecule has 0 saturated carbocycles. The Morgan fingerprint density at radius 2 is 2.14 bits per heavy atom. The molecule has 0 aliphatic carbocycles. The molecule has 0 amide bonds. The highest BCUT2D eigenvalue weighted by atomic mass is 35.5. The lowest BCUT2D eigenvalue weighted by atomic mass is 10.2. The molecule has 0 aliphatic heterocycles. The fourth-order valence-electron chi connectivity index (χ4n) is 1.81. The molecular weight excluding hydrogens is 294 g/mol. The van der Waals surface area contributed by atoms with Gasteiger partial charge >= 0.3 is 0 Å². The normalized spacial score (nSPS) is 10.6. The quantitative estimate of drug-likeness (QED) is 0.800. The number of aromatic nitrogens is 3. The van der Waals surface area contributed by atoms with E-state index in [1.165, 1.54) is 13.2 Å². The third-order valence-electron chi connectivity index (χ3n) is 2.82. The Morgan fingerprint density at radius 1 is 1.29 bits per heavy atom. The van der Waals surface area contributed by atoms with Gasteiger partial charge in [0.1, 0.15) is 5.69 Å². The molecule has 106 valence electrons. The highest BCUT2D eigenvalue weighted by Gasteiger charge is 2.15. The molecule has 21 heavy (non-hydrogen) atoms. The van der Waals surface area contributed by atoms with E-state index in [0.717, 1.165) is 0 Å². The van der Waals surface area contributed by atoms with Crippen molar-refractivity contribution in [3.05, 3.63) is 41.6 Å². The summed E-state index contributed by atoms with van der Waals surface area (Å²) < 4.78 is 10.2. The van der Waals surface area contributed by atoms with Crippen LogP contribution in [0.5, 0.6) is 11.5 Å². The SMILES string of the molecule is COc1ccc(-c2nc(-c3ncccc3Cl)no2)cc1O. The van der Waals surface area contributed by atoms with E-state index in [4.69, 9.17) is 20.9 Å². The van der Waals surface area contributed by atoms with Crippen LogP contribution in [0.2, 0.25) is 5.02 Å². The molecule has 0 spiro atoms. The Labute approximate surface area is 125 Å². The summed E-state index contributed by atoms with van der Waals surface area (Å²) in [6.07, 6.45) is 1.59. The number of halogens is 1. The third-order valence-corrected chi connectivity index (χ3v) is 3.13. The minimum Gasteiger partial charge on any atom is -0.504 e. The van der Waals surface area contributed by atoms with Gasteiger partial charge in [-0.25, -0.2) is 0 Å². The maximum absolute atomic E-state index is 9.77. The average molecular weight is 304 g/mol. The Hall–Kier alpha value is -2.60. The molecule has 0 unspecified atom stereocenters.